The monoisotopic (exact) mass is 265 g/mol. The number of carboxylic acid groups (broad SMARTS) is 1. The van der Waals surface area contributed by atoms with Gasteiger partial charge in [0.25, 0.3) is 0 Å². The summed E-state index contributed by atoms with van der Waals surface area (Å²) in [6.07, 6.45) is 1.62. The number of rotatable bonds is 4. The topological polar surface area (TPSA) is 66.4 Å². The molecular formula is C10H13Cl2NO3. The molecule has 0 heterocycles. The molecule has 4 nitrogen and oxygen atoms in total. The van der Waals surface area contributed by atoms with Gasteiger partial charge in [0.15, 0.2) is 0 Å². The first-order valence-corrected chi connectivity index (χ1v) is 5.54. The van der Waals surface area contributed by atoms with E-state index in [-0.39, 0.29) is 34.2 Å². The van der Waals surface area contributed by atoms with Crippen LogP contribution in [0.2, 0.25) is 0 Å². The molecule has 0 radical (unpaired) electrons. The Balaban J connectivity index is 2.59. The van der Waals surface area contributed by atoms with Crippen molar-refractivity contribution in [3.8, 4) is 0 Å². The summed E-state index contributed by atoms with van der Waals surface area (Å²) in [5.41, 5.74) is -0.225. The van der Waals surface area contributed by atoms with Gasteiger partial charge >= 0.3 is 5.97 Å². The number of allylic oxidation sites excluding steroid dienone is 1. The number of aliphatic carboxylic acids is 1. The van der Waals surface area contributed by atoms with Crippen molar-refractivity contribution < 1.29 is 14.7 Å². The fourth-order valence-corrected chi connectivity index (χ4v) is 2.17. The Labute approximate surface area is 104 Å². The van der Waals surface area contributed by atoms with Crippen LogP contribution in [0.5, 0.6) is 0 Å². The van der Waals surface area contributed by atoms with Gasteiger partial charge in [-0.1, -0.05) is 37.0 Å². The Morgan fingerprint density at radius 1 is 1.44 bits per heavy atom. The molecule has 0 aromatic heterocycles. The van der Waals surface area contributed by atoms with Crippen molar-refractivity contribution in [2.75, 3.05) is 6.54 Å². The molecule has 1 aliphatic rings. The van der Waals surface area contributed by atoms with Gasteiger partial charge < -0.3 is 10.4 Å². The van der Waals surface area contributed by atoms with Gasteiger partial charge in [-0.05, 0) is 17.4 Å². The molecule has 0 aromatic rings. The number of nitrogens with one attached hydrogen (secondary N) is 1. The van der Waals surface area contributed by atoms with Crippen LogP contribution in [-0.4, -0.2) is 23.5 Å². The largest absolute Gasteiger partial charge is 0.480 e. The lowest BCUT2D eigenvalue weighted by Crippen LogP contribution is -2.31. The van der Waals surface area contributed by atoms with Crippen molar-refractivity contribution in [3.05, 3.63) is 10.6 Å². The van der Waals surface area contributed by atoms with E-state index >= 15 is 0 Å². The van der Waals surface area contributed by atoms with Gasteiger partial charge in [0.05, 0.1) is 5.92 Å². The Morgan fingerprint density at radius 3 is 2.44 bits per heavy atom. The molecule has 16 heavy (non-hydrogen) atoms. The van der Waals surface area contributed by atoms with E-state index in [4.69, 9.17) is 28.3 Å². The molecule has 1 amide bonds. The standard InChI is InChI=1S/C10H13Cl2NO3/c1-10(2)5(3-6(11)12)8(10)9(16)13-4-7(14)15/h3,5,8H,4H2,1-2H3,(H,13,16)(H,14,15)/t5-,8+/m0/s1. The second-order valence-electron chi connectivity index (χ2n) is 4.39. The van der Waals surface area contributed by atoms with Crippen LogP contribution in [0, 0.1) is 17.3 Å². The second kappa shape index (κ2) is 4.63. The highest BCUT2D eigenvalue weighted by Gasteiger charge is 2.60. The van der Waals surface area contributed by atoms with Crippen LogP contribution >= 0.6 is 23.2 Å². The summed E-state index contributed by atoms with van der Waals surface area (Å²) >= 11 is 11.1. The summed E-state index contributed by atoms with van der Waals surface area (Å²) in [4.78, 5) is 21.9. The van der Waals surface area contributed by atoms with Gasteiger partial charge in [0, 0.05) is 0 Å². The van der Waals surface area contributed by atoms with Crippen molar-refractivity contribution in [1.29, 1.82) is 0 Å². The molecule has 2 atom stereocenters. The average molecular weight is 266 g/mol. The van der Waals surface area contributed by atoms with E-state index in [2.05, 4.69) is 5.32 Å². The van der Waals surface area contributed by atoms with Crippen molar-refractivity contribution in [2.24, 2.45) is 17.3 Å². The Bertz CT molecular complexity index is 348. The number of carboxylic acids is 1. The lowest BCUT2D eigenvalue weighted by Gasteiger charge is -2.02. The highest BCUT2D eigenvalue weighted by molar-refractivity contribution is 6.55. The predicted octanol–water partition coefficient (Wildman–Crippen LogP) is 1.78. The average Bonchev–Trinajstić information content (AvgIpc) is 2.63. The predicted molar refractivity (Wildman–Crippen MR) is 61.2 cm³/mol. The minimum atomic E-state index is -1.06. The van der Waals surface area contributed by atoms with Crippen LogP contribution in [0.4, 0.5) is 0 Å². The zero-order valence-electron chi connectivity index (χ0n) is 8.96. The fourth-order valence-electron chi connectivity index (χ4n) is 1.90. The Hall–Kier alpha value is -0.740. The van der Waals surface area contributed by atoms with Crippen molar-refractivity contribution in [2.45, 2.75) is 13.8 Å². The molecular weight excluding hydrogens is 253 g/mol. The summed E-state index contributed by atoms with van der Waals surface area (Å²) in [6.45, 7) is 3.46. The molecule has 0 aromatic carbocycles. The summed E-state index contributed by atoms with van der Waals surface area (Å²) in [6, 6.07) is 0. The summed E-state index contributed by atoms with van der Waals surface area (Å²) in [7, 11) is 0. The smallest absolute Gasteiger partial charge is 0.322 e. The van der Waals surface area contributed by atoms with Crippen molar-refractivity contribution >= 4 is 35.1 Å². The molecule has 6 heteroatoms. The van der Waals surface area contributed by atoms with Crippen molar-refractivity contribution in [3.63, 3.8) is 0 Å². The molecule has 0 spiro atoms. The third-order valence-corrected chi connectivity index (χ3v) is 3.16. The van der Waals surface area contributed by atoms with Crippen LogP contribution in [0.1, 0.15) is 13.8 Å². The number of halogens is 2. The molecule has 1 fully saturated rings. The van der Waals surface area contributed by atoms with Crippen LogP contribution in [-0.2, 0) is 9.59 Å². The minimum absolute atomic E-state index is 0.0358. The normalized spacial score (nSPS) is 25.8. The van der Waals surface area contributed by atoms with E-state index < -0.39 is 5.97 Å². The molecule has 1 rings (SSSR count). The number of amides is 1. The maximum absolute atomic E-state index is 11.6. The van der Waals surface area contributed by atoms with Gasteiger partial charge in [0.2, 0.25) is 5.91 Å². The van der Waals surface area contributed by atoms with E-state index in [9.17, 15) is 9.59 Å². The summed E-state index contributed by atoms with van der Waals surface area (Å²) < 4.78 is 0.131. The van der Waals surface area contributed by atoms with Gasteiger partial charge in [-0.25, -0.2) is 0 Å². The molecule has 1 aliphatic carbocycles. The third kappa shape index (κ3) is 2.89. The molecule has 1 saturated carbocycles. The summed E-state index contributed by atoms with van der Waals surface area (Å²) in [5.74, 6) is -1.64. The molecule has 0 unspecified atom stereocenters. The first-order valence-electron chi connectivity index (χ1n) is 4.79. The van der Waals surface area contributed by atoms with Crippen LogP contribution in [0.3, 0.4) is 0 Å². The number of carbonyl (C=O) groups excluding carboxylic acids is 1. The Morgan fingerprint density at radius 2 is 2.00 bits per heavy atom. The molecule has 0 bridgehead atoms. The van der Waals surface area contributed by atoms with Gasteiger partial charge in [0.1, 0.15) is 11.0 Å². The number of hydrogen-bond donors (Lipinski definition) is 2. The second-order valence-corrected chi connectivity index (χ2v) is 5.40. The van der Waals surface area contributed by atoms with Crippen LogP contribution in [0.25, 0.3) is 0 Å². The molecule has 2 N–H and O–H groups in total. The van der Waals surface area contributed by atoms with E-state index in [0.29, 0.717) is 0 Å². The zero-order valence-corrected chi connectivity index (χ0v) is 10.5. The minimum Gasteiger partial charge on any atom is -0.480 e. The molecule has 0 aliphatic heterocycles. The quantitative estimate of drug-likeness (QED) is 0.815. The zero-order chi connectivity index (χ0) is 12.5. The molecule has 0 saturated heterocycles. The fraction of sp³-hybridized carbons (Fsp3) is 0.600. The van der Waals surface area contributed by atoms with Gasteiger partial charge in [-0.2, -0.15) is 0 Å². The lowest BCUT2D eigenvalue weighted by molar-refractivity contribution is -0.138. The van der Waals surface area contributed by atoms with Crippen LogP contribution < -0.4 is 5.32 Å². The van der Waals surface area contributed by atoms with Crippen molar-refractivity contribution in [1.82, 2.24) is 5.32 Å². The van der Waals surface area contributed by atoms with Crippen LogP contribution in [0.15, 0.2) is 10.6 Å². The van der Waals surface area contributed by atoms with E-state index in [1.54, 1.807) is 6.08 Å². The first-order chi connectivity index (χ1) is 7.26. The first kappa shape index (κ1) is 13.3. The van der Waals surface area contributed by atoms with Gasteiger partial charge in [-0.3, -0.25) is 9.59 Å². The third-order valence-electron chi connectivity index (χ3n) is 2.91. The maximum atomic E-state index is 11.6. The number of carbonyl (C=O) groups is 2. The number of hydrogen-bond acceptors (Lipinski definition) is 2. The lowest BCUT2D eigenvalue weighted by atomic mass is 10.1. The highest BCUT2D eigenvalue weighted by Crippen LogP contribution is 2.59. The van der Waals surface area contributed by atoms with E-state index in [1.807, 2.05) is 13.8 Å². The Kier molecular flexibility index (Phi) is 3.86. The highest BCUT2D eigenvalue weighted by atomic mass is 35.5. The van der Waals surface area contributed by atoms with Gasteiger partial charge in [-0.15, -0.1) is 0 Å². The molecule has 90 valence electrons. The van der Waals surface area contributed by atoms with E-state index in [0.717, 1.165) is 0 Å². The van der Waals surface area contributed by atoms with E-state index in [1.165, 1.54) is 0 Å². The summed E-state index contributed by atoms with van der Waals surface area (Å²) in [5, 5.41) is 10.8. The SMILES string of the molecule is CC1(C)[C@@H](C=C(Cl)Cl)[C@@H]1C(=O)NCC(=O)O. The maximum Gasteiger partial charge on any atom is 0.322 e.